The van der Waals surface area contributed by atoms with Gasteiger partial charge in [0.1, 0.15) is 6.04 Å². The van der Waals surface area contributed by atoms with Crippen molar-refractivity contribution in [3.8, 4) is 0 Å². The predicted molar refractivity (Wildman–Crippen MR) is 89.1 cm³/mol. The Labute approximate surface area is 137 Å². The van der Waals surface area contributed by atoms with Gasteiger partial charge in [0, 0.05) is 31.9 Å². The van der Waals surface area contributed by atoms with Crippen LogP contribution in [0.25, 0.3) is 0 Å². The van der Waals surface area contributed by atoms with Crippen LogP contribution in [0, 0.1) is 0 Å². The number of likely N-dealkylation sites (N-methyl/N-ethyl adjacent to an activating group) is 1. The van der Waals surface area contributed by atoms with Crippen molar-refractivity contribution in [2.75, 3.05) is 20.3 Å². The second-order valence-electron chi connectivity index (χ2n) is 5.57. The molecule has 0 aromatic heterocycles. The summed E-state index contributed by atoms with van der Waals surface area (Å²) in [7, 11) is 1.61. The maximum atomic E-state index is 12.6. The van der Waals surface area contributed by atoms with Crippen molar-refractivity contribution in [2.24, 2.45) is 0 Å². The molecule has 1 fully saturated rings. The van der Waals surface area contributed by atoms with E-state index in [0.29, 0.717) is 18.8 Å². The third-order valence-electron chi connectivity index (χ3n) is 4.08. The van der Waals surface area contributed by atoms with Gasteiger partial charge in [0.05, 0.1) is 0 Å². The lowest BCUT2D eigenvalue weighted by Crippen LogP contribution is -2.46. The van der Waals surface area contributed by atoms with Gasteiger partial charge in [-0.1, -0.05) is 24.3 Å². The first kappa shape index (κ1) is 17.2. The Morgan fingerprint density at radius 3 is 2.57 bits per heavy atom. The molecular weight excluding hydrogens is 292 g/mol. The normalized spacial score (nSPS) is 20.3. The molecule has 23 heavy (non-hydrogen) atoms. The number of ether oxygens (including phenoxy) is 1. The molecule has 3 rings (SSSR count). The number of benzene rings is 1. The van der Waals surface area contributed by atoms with Crippen LogP contribution >= 0.6 is 0 Å². The second kappa shape index (κ2) is 7.92. The maximum absolute atomic E-state index is 12.6. The van der Waals surface area contributed by atoms with Gasteiger partial charge < -0.3 is 15.0 Å². The molecular formula is C18H24N2O3. The molecule has 1 N–H and O–H groups in total. The Bertz CT molecular complexity index is 579. The Balaban J connectivity index is 0.000000595. The number of carbonyl (C=O) groups is 2. The molecule has 124 valence electrons. The van der Waals surface area contributed by atoms with Gasteiger partial charge in [0.15, 0.2) is 0 Å². The maximum Gasteiger partial charge on any atom is 0.255 e. The smallest absolute Gasteiger partial charge is 0.255 e. The van der Waals surface area contributed by atoms with Crippen LogP contribution in [0.2, 0.25) is 0 Å². The van der Waals surface area contributed by atoms with E-state index in [2.05, 4.69) is 11.9 Å². The van der Waals surface area contributed by atoms with E-state index in [1.165, 1.54) is 0 Å². The molecule has 1 saturated heterocycles. The van der Waals surface area contributed by atoms with Crippen molar-refractivity contribution < 1.29 is 14.3 Å². The highest BCUT2D eigenvalue weighted by Gasteiger charge is 2.44. The van der Waals surface area contributed by atoms with E-state index in [4.69, 9.17) is 4.74 Å². The van der Waals surface area contributed by atoms with E-state index in [9.17, 15) is 9.59 Å². The number of nitrogens with zero attached hydrogens (tertiary/aromatic N) is 1. The highest BCUT2D eigenvalue weighted by Crippen LogP contribution is 2.37. The fourth-order valence-corrected chi connectivity index (χ4v) is 3.08. The van der Waals surface area contributed by atoms with Crippen LogP contribution in [0.15, 0.2) is 36.9 Å². The van der Waals surface area contributed by atoms with E-state index >= 15 is 0 Å². The number of allylic oxidation sites excluding steroid dienone is 1. The van der Waals surface area contributed by atoms with E-state index in [1.807, 2.05) is 25.1 Å². The Morgan fingerprint density at radius 1 is 1.35 bits per heavy atom. The van der Waals surface area contributed by atoms with E-state index in [-0.39, 0.29) is 17.9 Å². The van der Waals surface area contributed by atoms with Gasteiger partial charge in [-0.25, -0.2) is 0 Å². The number of fused-ring (bicyclic) bond motifs is 1. The Hall–Kier alpha value is -2.14. The van der Waals surface area contributed by atoms with Crippen LogP contribution in [0.3, 0.4) is 0 Å². The van der Waals surface area contributed by atoms with Gasteiger partial charge in [-0.3, -0.25) is 9.59 Å². The summed E-state index contributed by atoms with van der Waals surface area (Å²) >= 11 is 0. The molecule has 2 aliphatic heterocycles. The zero-order valence-electron chi connectivity index (χ0n) is 13.7. The second-order valence-corrected chi connectivity index (χ2v) is 5.57. The summed E-state index contributed by atoms with van der Waals surface area (Å²) < 4.78 is 5.36. The van der Waals surface area contributed by atoms with Gasteiger partial charge in [-0.2, -0.15) is 0 Å². The van der Waals surface area contributed by atoms with Gasteiger partial charge >= 0.3 is 0 Å². The summed E-state index contributed by atoms with van der Waals surface area (Å²) in [6.07, 6.45) is 3.32. The van der Waals surface area contributed by atoms with Crippen molar-refractivity contribution in [1.82, 2.24) is 10.2 Å². The first-order valence-corrected chi connectivity index (χ1v) is 7.93. The Kier molecular flexibility index (Phi) is 5.93. The summed E-state index contributed by atoms with van der Waals surface area (Å²) in [5.74, 6) is -0.170. The fourth-order valence-electron chi connectivity index (χ4n) is 3.08. The SMILES string of the molecule is C=CC.CNC(=O)C1c2ccccc2C(=O)N1C1CCOCC1. The number of carbonyl (C=O) groups excluding carboxylic acids is 2. The number of nitrogens with one attached hydrogen (secondary N) is 1. The van der Waals surface area contributed by atoms with E-state index < -0.39 is 6.04 Å². The molecule has 1 aromatic rings. The molecule has 0 radical (unpaired) electrons. The number of hydrogen-bond acceptors (Lipinski definition) is 3. The number of amides is 2. The van der Waals surface area contributed by atoms with Crippen LogP contribution < -0.4 is 5.32 Å². The minimum atomic E-state index is -0.508. The van der Waals surface area contributed by atoms with Crippen LogP contribution in [-0.2, 0) is 9.53 Å². The van der Waals surface area contributed by atoms with Crippen molar-refractivity contribution in [3.05, 3.63) is 48.0 Å². The van der Waals surface area contributed by atoms with Crippen LogP contribution in [0.1, 0.15) is 41.7 Å². The average molecular weight is 316 g/mol. The molecule has 1 unspecified atom stereocenters. The van der Waals surface area contributed by atoms with Crippen molar-refractivity contribution in [2.45, 2.75) is 31.8 Å². The summed E-state index contributed by atoms with van der Waals surface area (Å²) in [6.45, 7) is 6.54. The Morgan fingerprint density at radius 2 is 1.96 bits per heavy atom. The third kappa shape index (κ3) is 3.45. The number of hydrogen-bond donors (Lipinski definition) is 1. The van der Waals surface area contributed by atoms with Gasteiger partial charge in [-0.15, -0.1) is 6.58 Å². The van der Waals surface area contributed by atoms with E-state index in [0.717, 1.165) is 18.4 Å². The topological polar surface area (TPSA) is 58.6 Å². The molecule has 2 aliphatic rings. The largest absolute Gasteiger partial charge is 0.381 e. The summed E-state index contributed by atoms with van der Waals surface area (Å²) in [6, 6.07) is 6.94. The third-order valence-corrected chi connectivity index (χ3v) is 4.08. The standard InChI is InChI=1S/C15H18N2O3.C3H6/c1-16-14(18)13-11-4-2-3-5-12(11)15(19)17(13)10-6-8-20-9-7-10;1-3-2/h2-5,10,13H,6-9H2,1H3,(H,16,18);3H,1H2,2H3. The molecule has 1 atom stereocenters. The van der Waals surface area contributed by atoms with Crippen LogP contribution in [0.4, 0.5) is 0 Å². The average Bonchev–Trinajstić information content (AvgIpc) is 2.89. The molecule has 2 amide bonds. The highest BCUT2D eigenvalue weighted by atomic mass is 16.5. The lowest BCUT2D eigenvalue weighted by Gasteiger charge is -2.34. The minimum absolute atomic E-state index is 0.0406. The first-order chi connectivity index (χ1) is 11.2. The highest BCUT2D eigenvalue weighted by molar-refractivity contribution is 6.04. The summed E-state index contributed by atoms with van der Waals surface area (Å²) in [5, 5.41) is 2.67. The molecule has 1 aromatic carbocycles. The van der Waals surface area contributed by atoms with Gasteiger partial charge in [0.25, 0.3) is 5.91 Å². The van der Waals surface area contributed by atoms with Crippen molar-refractivity contribution in [1.29, 1.82) is 0 Å². The predicted octanol–water partition coefficient (Wildman–Crippen LogP) is 2.30. The first-order valence-electron chi connectivity index (χ1n) is 7.93. The van der Waals surface area contributed by atoms with Crippen molar-refractivity contribution >= 4 is 11.8 Å². The van der Waals surface area contributed by atoms with Gasteiger partial charge in [-0.05, 0) is 31.4 Å². The molecule has 5 nitrogen and oxygen atoms in total. The monoisotopic (exact) mass is 316 g/mol. The van der Waals surface area contributed by atoms with E-state index in [1.54, 1.807) is 24.1 Å². The summed E-state index contributed by atoms with van der Waals surface area (Å²) in [5.41, 5.74) is 1.45. The molecule has 2 heterocycles. The van der Waals surface area contributed by atoms with Crippen molar-refractivity contribution in [3.63, 3.8) is 0 Å². The summed E-state index contributed by atoms with van der Waals surface area (Å²) in [4.78, 5) is 26.6. The molecule has 5 heteroatoms. The molecule has 0 bridgehead atoms. The van der Waals surface area contributed by atoms with Gasteiger partial charge in [0.2, 0.25) is 5.91 Å². The lowest BCUT2D eigenvalue weighted by molar-refractivity contribution is -0.126. The molecule has 0 saturated carbocycles. The lowest BCUT2D eigenvalue weighted by atomic mass is 10.0. The molecule has 0 aliphatic carbocycles. The minimum Gasteiger partial charge on any atom is -0.381 e. The van der Waals surface area contributed by atoms with Crippen LogP contribution in [-0.4, -0.2) is 43.0 Å². The number of rotatable bonds is 2. The van der Waals surface area contributed by atoms with Crippen LogP contribution in [0.5, 0.6) is 0 Å². The fraction of sp³-hybridized carbons (Fsp3) is 0.444. The quantitative estimate of drug-likeness (QED) is 0.852. The zero-order valence-corrected chi connectivity index (χ0v) is 13.7. The molecule has 0 spiro atoms. The zero-order chi connectivity index (χ0) is 16.8.